The predicted molar refractivity (Wildman–Crippen MR) is 74.0 cm³/mol. The Hall–Kier alpha value is -1.69. The summed E-state index contributed by atoms with van der Waals surface area (Å²) < 4.78 is 16.8. The van der Waals surface area contributed by atoms with Crippen molar-refractivity contribution in [1.29, 1.82) is 0 Å². The van der Waals surface area contributed by atoms with Crippen LogP contribution in [-0.4, -0.2) is 33.1 Å². The minimum Gasteiger partial charge on any atom is -0.481 e. The van der Waals surface area contributed by atoms with Crippen molar-refractivity contribution in [2.75, 3.05) is 0 Å². The van der Waals surface area contributed by atoms with Crippen LogP contribution in [0.15, 0.2) is 30.3 Å². The van der Waals surface area contributed by atoms with E-state index in [4.69, 9.17) is 14.7 Å². The average molecular weight is 316 g/mol. The van der Waals surface area contributed by atoms with Crippen LogP contribution in [0.5, 0.6) is 0 Å². The summed E-state index contributed by atoms with van der Waals surface area (Å²) in [6, 6.07) is 8.39. The molecule has 0 saturated carbocycles. The molecule has 1 aromatic rings. The largest absolute Gasteiger partial charge is 0.481 e. The summed E-state index contributed by atoms with van der Waals surface area (Å²) in [5.41, 5.74) is 0.554. The fraction of sp³-hybridized carbons (Fsp3) is 0.385. The predicted octanol–water partition coefficient (Wildman–Crippen LogP) is 2.10. The first-order valence-electron chi connectivity index (χ1n) is 6.29. The molecule has 1 aromatic carbocycles. The topological polar surface area (TPSA) is 121 Å². The summed E-state index contributed by atoms with van der Waals surface area (Å²) in [5, 5.41) is 17.5. The molecule has 0 bridgehead atoms. The third kappa shape index (κ3) is 7.04. The van der Waals surface area contributed by atoms with Crippen molar-refractivity contribution in [2.24, 2.45) is 0 Å². The van der Waals surface area contributed by atoms with Crippen LogP contribution >= 0.6 is 7.60 Å². The second-order valence-electron chi connectivity index (χ2n) is 4.50. The Balaban J connectivity index is 2.62. The standard InChI is InChI=1S/C13H17O7P/c14-12(15)8-4-7-11(13(16)17)20-21(18,19)9-10-5-2-1-3-6-10/h1-3,5-6,11H,4,7-9H2,(H,14,15)(H,16,17)(H,18,19). The highest BCUT2D eigenvalue weighted by Crippen LogP contribution is 2.47. The molecule has 0 aliphatic rings. The Morgan fingerprint density at radius 2 is 1.81 bits per heavy atom. The first-order valence-corrected chi connectivity index (χ1v) is 8.05. The van der Waals surface area contributed by atoms with E-state index in [1.165, 1.54) is 0 Å². The minimum absolute atomic E-state index is 0.0532. The third-order valence-corrected chi connectivity index (χ3v) is 4.00. The molecule has 1 rings (SSSR count). The van der Waals surface area contributed by atoms with Crippen LogP contribution in [0.2, 0.25) is 0 Å². The van der Waals surface area contributed by atoms with E-state index in [0.29, 0.717) is 5.56 Å². The van der Waals surface area contributed by atoms with E-state index >= 15 is 0 Å². The highest BCUT2D eigenvalue weighted by atomic mass is 31.2. The molecule has 7 nitrogen and oxygen atoms in total. The normalized spacial score (nSPS) is 15.1. The molecule has 0 aromatic heterocycles. The lowest BCUT2D eigenvalue weighted by Gasteiger charge is -2.18. The van der Waals surface area contributed by atoms with E-state index in [1.54, 1.807) is 30.3 Å². The molecule has 8 heteroatoms. The molecule has 0 heterocycles. The molecule has 3 N–H and O–H groups in total. The Morgan fingerprint density at radius 3 is 2.33 bits per heavy atom. The van der Waals surface area contributed by atoms with E-state index in [2.05, 4.69) is 0 Å². The van der Waals surface area contributed by atoms with Gasteiger partial charge in [0, 0.05) is 6.42 Å². The fourth-order valence-electron chi connectivity index (χ4n) is 1.71. The zero-order valence-corrected chi connectivity index (χ0v) is 12.1. The monoisotopic (exact) mass is 316 g/mol. The van der Waals surface area contributed by atoms with Crippen molar-refractivity contribution in [3.05, 3.63) is 35.9 Å². The first-order chi connectivity index (χ1) is 9.80. The van der Waals surface area contributed by atoms with Crippen molar-refractivity contribution >= 4 is 19.5 Å². The van der Waals surface area contributed by atoms with Crippen molar-refractivity contribution < 1.29 is 33.8 Å². The van der Waals surface area contributed by atoms with Crippen LogP contribution in [0.25, 0.3) is 0 Å². The maximum Gasteiger partial charge on any atom is 0.333 e. The van der Waals surface area contributed by atoms with Gasteiger partial charge in [-0.2, -0.15) is 0 Å². The number of carboxylic acid groups (broad SMARTS) is 2. The number of carboxylic acids is 2. The van der Waals surface area contributed by atoms with E-state index in [9.17, 15) is 19.0 Å². The van der Waals surface area contributed by atoms with E-state index in [1.807, 2.05) is 0 Å². The van der Waals surface area contributed by atoms with Gasteiger partial charge in [0.25, 0.3) is 0 Å². The SMILES string of the molecule is O=C(O)CCCC(OP(=O)(O)Cc1ccccc1)C(=O)O. The van der Waals surface area contributed by atoms with Crippen molar-refractivity contribution in [3.63, 3.8) is 0 Å². The molecule has 0 aliphatic carbocycles. The second-order valence-corrected chi connectivity index (χ2v) is 6.30. The summed E-state index contributed by atoms with van der Waals surface area (Å²) >= 11 is 0. The van der Waals surface area contributed by atoms with Crippen LogP contribution in [0.1, 0.15) is 24.8 Å². The van der Waals surface area contributed by atoms with Crippen LogP contribution in [-0.2, 0) is 24.8 Å². The molecule has 0 saturated heterocycles. The molecule has 116 valence electrons. The van der Waals surface area contributed by atoms with Gasteiger partial charge in [0.05, 0.1) is 6.16 Å². The molecular weight excluding hydrogens is 299 g/mol. The van der Waals surface area contributed by atoms with Gasteiger partial charge in [-0.1, -0.05) is 30.3 Å². The molecule has 0 spiro atoms. The summed E-state index contributed by atoms with van der Waals surface area (Å²) in [5.74, 6) is -2.45. The lowest BCUT2D eigenvalue weighted by molar-refractivity contribution is -0.146. The molecule has 2 unspecified atom stereocenters. The van der Waals surface area contributed by atoms with Crippen molar-refractivity contribution in [1.82, 2.24) is 0 Å². The number of rotatable bonds is 9. The second kappa shape index (κ2) is 7.93. The molecule has 0 amide bonds. The van der Waals surface area contributed by atoms with Gasteiger partial charge in [-0.25, -0.2) is 4.79 Å². The fourth-order valence-corrected chi connectivity index (χ4v) is 3.05. The maximum absolute atomic E-state index is 11.9. The van der Waals surface area contributed by atoms with Gasteiger partial charge in [0.1, 0.15) is 0 Å². The Labute approximate surface area is 121 Å². The number of hydrogen-bond donors (Lipinski definition) is 3. The van der Waals surface area contributed by atoms with Gasteiger partial charge >= 0.3 is 19.5 Å². The number of benzene rings is 1. The van der Waals surface area contributed by atoms with Crippen LogP contribution in [0, 0.1) is 0 Å². The Kier molecular flexibility index (Phi) is 6.55. The quantitative estimate of drug-likeness (QED) is 0.596. The third-order valence-electron chi connectivity index (χ3n) is 2.65. The highest BCUT2D eigenvalue weighted by Gasteiger charge is 2.29. The lowest BCUT2D eigenvalue weighted by atomic mass is 10.1. The van der Waals surface area contributed by atoms with Gasteiger partial charge in [0.2, 0.25) is 0 Å². The summed E-state index contributed by atoms with van der Waals surface area (Å²) in [6.07, 6.45) is -2.10. The van der Waals surface area contributed by atoms with Gasteiger partial charge in [-0.3, -0.25) is 13.9 Å². The number of carbonyl (C=O) groups is 2. The van der Waals surface area contributed by atoms with E-state index < -0.39 is 25.6 Å². The van der Waals surface area contributed by atoms with Crippen molar-refractivity contribution in [2.45, 2.75) is 31.5 Å². The molecule has 0 fully saturated rings. The minimum atomic E-state index is -4.12. The summed E-state index contributed by atoms with van der Waals surface area (Å²) in [4.78, 5) is 31.1. The van der Waals surface area contributed by atoms with Gasteiger partial charge < -0.3 is 15.1 Å². The maximum atomic E-state index is 11.9. The van der Waals surface area contributed by atoms with Crippen molar-refractivity contribution in [3.8, 4) is 0 Å². The van der Waals surface area contributed by atoms with E-state index in [0.717, 1.165) is 0 Å². The van der Waals surface area contributed by atoms with Gasteiger partial charge in [0.15, 0.2) is 6.10 Å². The average Bonchev–Trinajstić information content (AvgIpc) is 2.37. The smallest absolute Gasteiger partial charge is 0.333 e. The highest BCUT2D eigenvalue weighted by molar-refractivity contribution is 7.52. The number of hydrogen-bond acceptors (Lipinski definition) is 4. The zero-order valence-electron chi connectivity index (χ0n) is 11.2. The van der Waals surface area contributed by atoms with E-state index in [-0.39, 0.29) is 25.4 Å². The lowest BCUT2D eigenvalue weighted by Crippen LogP contribution is -2.23. The van der Waals surface area contributed by atoms with Gasteiger partial charge in [-0.05, 0) is 18.4 Å². The molecule has 2 atom stereocenters. The van der Waals surface area contributed by atoms with Gasteiger partial charge in [-0.15, -0.1) is 0 Å². The summed E-state index contributed by atoms with van der Waals surface area (Å²) in [7, 11) is -4.12. The molecule has 0 radical (unpaired) electrons. The Bertz CT molecular complexity index is 529. The van der Waals surface area contributed by atoms with Crippen LogP contribution in [0.3, 0.4) is 0 Å². The zero-order chi connectivity index (χ0) is 15.9. The molecule has 21 heavy (non-hydrogen) atoms. The van der Waals surface area contributed by atoms with Crippen LogP contribution in [0.4, 0.5) is 0 Å². The first kappa shape index (κ1) is 17.4. The van der Waals surface area contributed by atoms with Crippen LogP contribution < -0.4 is 0 Å². The molecular formula is C13H17O7P. The summed E-state index contributed by atoms with van der Waals surface area (Å²) in [6.45, 7) is 0. The Morgan fingerprint density at radius 1 is 1.19 bits per heavy atom. The molecule has 0 aliphatic heterocycles. The number of aliphatic carboxylic acids is 2.